The second kappa shape index (κ2) is 4.37. The normalized spacial score (nSPS) is 10.4. The van der Waals surface area contributed by atoms with Crippen molar-refractivity contribution in [3.8, 4) is 5.75 Å². The molecule has 0 saturated heterocycles. The molecule has 4 nitrogen and oxygen atoms in total. The summed E-state index contributed by atoms with van der Waals surface area (Å²) in [5.41, 5.74) is 5.40. The van der Waals surface area contributed by atoms with Crippen LogP contribution in [0.5, 0.6) is 5.75 Å². The number of rotatable bonds is 3. The molecule has 1 heterocycles. The SMILES string of the molecule is CCOc1ccc2nc(C)cc(NN)c2c1. The Balaban J connectivity index is 2.61. The van der Waals surface area contributed by atoms with Gasteiger partial charge in [-0.15, -0.1) is 0 Å². The van der Waals surface area contributed by atoms with E-state index in [0.717, 1.165) is 28.0 Å². The van der Waals surface area contributed by atoms with Gasteiger partial charge in [0.2, 0.25) is 0 Å². The molecule has 3 N–H and O–H groups in total. The van der Waals surface area contributed by atoms with Gasteiger partial charge in [-0.05, 0) is 38.1 Å². The Morgan fingerprint density at radius 2 is 2.19 bits per heavy atom. The number of aromatic nitrogens is 1. The molecule has 0 aliphatic heterocycles. The highest BCUT2D eigenvalue weighted by molar-refractivity contribution is 5.92. The molecule has 1 aromatic heterocycles. The van der Waals surface area contributed by atoms with E-state index in [9.17, 15) is 0 Å². The molecular formula is C12H15N3O. The zero-order valence-electron chi connectivity index (χ0n) is 9.45. The molecule has 0 aliphatic rings. The number of benzene rings is 1. The minimum absolute atomic E-state index is 0.649. The first-order chi connectivity index (χ1) is 7.74. The first-order valence-corrected chi connectivity index (χ1v) is 5.25. The second-order valence-corrected chi connectivity index (χ2v) is 3.57. The van der Waals surface area contributed by atoms with Crippen molar-refractivity contribution in [2.24, 2.45) is 5.84 Å². The maximum Gasteiger partial charge on any atom is 0.120 e. The molecule has 0 saturated carbocycles. The van der Waals surface area contributed by atoms with Crippen molar-refractivity contribution in [1.29, 1.82) is 0 Å². The summed E-state index contributed by atoms with van der Waals surface area (Å²) in [6.07, 6.45) is 0. The summed E-state index contributed by atoms with van der Waals surface area (Å²) in [4.78, 5) is 4.43. The maximum absolute atomic E-state index is 5.49. The van der Waals surface area contributed by atoms with Gasteiger partial charge in [0.1, 0.15) is 5.75 Å². The highest BCUT2D eigenvalue weighted by atomic mass is 16.5. The minimum atomic E-state index is 0.649. The monoisotopic (exact) mass is 217 g/mol. The minimum Gasteiger partial charge on any atom is -0.494 e. The van der Waals surface area contributed by atoms with Gasteiger partial charge in [-0.3, -0.25) is 10.8 Å². The Labute approximate surface area is 94.4 Å². The fourth-order valence-corrected chi connectivity index (χ4v) is 1.71. The molecule has 84 valence electrons. The Morgan fingerprint density at radius 1 is 1.38 bits per heavy atom. The van der Waals surface area contributed by atoms with Gasteiger partial charge in [-0.1, -0.05) is 0 Å². The molecule has 0 atom stereocenters. The van der Waals surface area contributed by atoms with Crippen molar-refractivity contribution in [3.05, 3.63) is 30.0 Å². The maximum atomic E-state index is 5.49. The molecule has 0 radical (unpaired) electrons. The van der Waals surface area contributed by atoms with Gasteiger partial charge in [0.05, 0.1) is 17.8 Å². The number of pyridine rings is 1. The fourth-order valence-electron chi connectivity index (χ4n) is 1.71. The summed E-state index contributed by atoms with van der Waals surface area (Å²) in [7, 11) is 0. The van der Waals surface area contributed by atoms with E-state index in [4.69, 9.17) is 10.6 Å². The van der Waals surface area contributed by atoms with Crippen LogP contribution < -0.4 is 16.0 Å². The van der Waals surface area contributed by atoms with E-state index >= 15 is 0 Å². The van der Waals surface area contributed by atoms with Crippen molar-refractivity contribution >= 4 is 16.6 Å². The third-order valence-corrected chi connectivity index (χ3v) is 2.37. The number of aryl methyl sites for hydroxylation is 1. The Kier molecular flexibility index (Phi) is 2.92. The lowest BCUT2D eigenvalue weighted by atomic mass is 10.1. The van der Waals surface area contributed by atoms with Crippen molar-refractivity contribution < 1.29 is 4.74 Å². The zero-order chi connectivity index (χ0) is 11.5. The lowest BCUT2D eigenvalue weighted by Crippen LogP contribution is -2.08. The lowest BCUT2D eigenvalue weighted by Gasteiger charge is -2.09. The molecule has 16 heavy (non-hydrogen) atoms. The Bertz CT molecular complexity index is 511. The van der Waals surface area contributed by atoms with Gasteiger partial charge in [0, 0.05) is 11.1 Å². The van der Waals surface area contributed by atoms with E-state index in [-0.39, 0.29) is 0 Å². The molecule has 0 bridgehead atoms. The van der Waals surface area contributed by atoms with E-state index in [0.29, 0.717) is 6.61 Å². The predicted octanol–water partition coefficient (Wildman–Crippen LogP) is 2.23. The number of hydrogen-bond donors (Lipinski definition) is 2. The molecule has 4 heteroatoms. The highest BCUT2D eigenvalue weighted by Crippen LogP contribution is 2.26. The topological polar surface area (TPSA) is 60.2 Å². The summed E-state index contributed by atoms with van der Waals surface area (Å²) in [6, 6.07) is 7.71. The van der Waals surface area contributed by atoms with Crippen LogP contribution in [-0.4, -0.2) is 11.6 Å². The molecular weight excluding hydrogens is 202 g/mol. The van der Waals surface area contributed by atoms with Crippen molar-refractivity contribution in [2.75, 3.05) is 12.0 Å². The number of ether oxygens (including phenoxy) is 1. The van der Waals surface area contributed by atoms with Crippen molar-refractivity contribution in [1.82, 2.24) is 4.98 Å². The molecule has 1 aromatic carbocycles. The van der Waals surface area contributed by atoms with Crippen LogP contribution in [0.4, 0.5) is 5.69 Å². The third-order valence-electron chi connectivity index (χ3n) is 2.37. The summed E-state index contributed by atoms with van der Waals surface area (Å²) in [5, 5.41) is 0.971. The number of nitrogens with one attached hydrogen (secondary N) is 1. The molecule has 0 aliphatic carbocycles. The van der Waals surface area contributed by atoms with E-state index in [1.165, 1.54) is 0 Å². The average molecular weight is 217 g/mol. The van der Waals surface area contributed by atoms with Gasteiger partial charge < -0.3 is 10.2 Å². The summed E-state index contributed by atoms with van der Waals surface area (Å²) in [5.74, 6) is 6.32. The van der Waals surface area contributed by atoms with Crippen LogP contribution >= 0.6 is 0 Å². The molecule has 0 spiro atoms. The quantitative estimate of drug-likeness (QED) is 0.611. The fraction of sp³-hybridized carbons (Fsp3) is 0.250. The first-order valence-electron chi connectivity index (χ1n) is 5.25. The lowest BCUT2D eigenvalue weighted by molar-refractivity contribution is 0.340. The van der Waals surface area contributed by atoms with E-state index in [1.54, 1.807) is 0 Å². The van der Waals surface area contributed by atoms with E-state index in [1.807, 2.05) is 38.1 Å². The standard InChI is InChI=1S/C12H15N3O/c1-3-16-9-4-5-11-10(7-9)12(15-13)6-8(2)14-11/h4-7H,3,13H2,1-2H3,(H,14,15). The molecule has 0 unspecified atom stereocenters. The van der Waals surface area contributed by atoms with Crippen LogP contribution in [0, 0.1) is 6.92 Å². The highest BCUT2D eigenvalue weighted by Gasteiger charge is 2.04. The number of anilines is 1. The zero-order valence-corrected chi connectivity index (χ0v) is 9.45. The van der Waals surface area contributed by atoms with Crippen LogP contribution in [0.2, 0.25) is 0 Å². The van der Waals surface area contributed by atoms with E-state index < -0.39 is 0 Å². The number of hydrazine groups is 1. The van der Waals surface area contributed by atoms with Gasteiger partial charge in [0.25, 0.3) is 0 Å². The smallest absolute Gasteiger partial charge is 0.120 e. The van der Waals surface area contributed by atoms with Gasteiger partial charge in [0.15, 0.2) is 0 Å². The largest absolute Gasteiger partial charge is 0.494 e. The number of nitrogens with two attached hydrogens (primary N) is 1. The van der Waals surface area contributed by atoms with E-state index in [2.05, 4.69) is 10.4 Å². The molecule has 2 aromatic rings. The number of nitrogens with zero attached hydrogens (tertiary/aromatic N) is 1. The Hall–Kier alpha value is -1.81. The number of hydrogen-bond acceptors (Lipinski definition) is 4. The predicted molar refractivity (Wildman–Crippen MR) is 65.5 cm³/mol. The van der Waals surface area contributed by atoms with Crippen LogP contribution in [0.25, 0.3) is 10.9 Å². The van der Waals surface area contributed by atoms with Gasteiger partial charge in [-0.25, -0.2) is 0 Å². The van der Waals surface area contributed by atoms with Crippen molar-refractivity contribution in [3.63, 3.8) is 0 Å². The van der Waals surface area contributed by atoms with Gasteiger partial charge >= 0.3 is 0 Å². The van der Waals surface area contributed by atoms with Crippen LogP contribution in [-0.2, 0) is 0 Å². The van der Waals surface area contributed by atoms with Crippen LogP contribution in [0.15, 0.2) is 24.3 Å². The van der Waals surface area contributed by atoms with Crippen molar-refractivity contribution in [2.45, 2.75) is 13.8 Å². The summed E-state index contributed by atoms with van der Waals surface area (Å²) in [6.45, 7) is 4.55. The summed E-state index contributed by atoms with van der Waals surface area (Å²) >= 11 is 0. The Morgan fingerprint density at radius 3 is 2.88 bits per heavy atom. The second-order valence-electron chi connectivity index (χ2n) is 3.57. The first kappa shape index (κ1) is 10.7. The molecule has 0 fully saturated rings. The molecule has 0 amide bonds. The molecule has 2 rings (SSSR count). The number of nitrogen functional groups attached to an aromatic ring is 1. The van der Waals surface area contributed by atoms with Crippen LogP contribution in [0.1, 0.15) is 12.6 Å². The van der Waals surface area contributed by atoms with Gasteiger partial charge in [-0.2, -0.15) is 0 Å². The van der Waals surface area contributed by atoms with Crippen LogP contribution in [0.3, 0.4) is 0 Å². The average Bonchev–Trinajstić information content (AvgIpc) is 2.29. The number of fused-ring (bicyclic) bond motifs is 1. The summed E-state index contributed by atoms with van der Waals surface area (Å²) < 4.78 is 5.45. The third kappa shape index (κ3) is 1.92.